The molecule has 0 aliphatic carbocycles. The Bertz CT molecular complexity index is 1120. The number of non-ortho nitro benzene ring substituents is 1. The fraction of sp³-hybridized carbons (Fsp3) is 0.300. The van der Waals surface area contributed by atoms with Crippen LogP contribution < -0.4 is 0 Å². The third-order valence-electron chi connectivity index (χ3n) is 4.59. The van der Waals surface area contributed by atoms with Crippen LogP contribution in [-0.2, 0) is 16.2 Å². The Hall–Kier alpha value is -3.29. The van der Waals surface area contributed by atoms with Crippen LogP contribution in [0.1, 0.15) is 31.4 Å². The molecular formula is C20H20FN3O4. The van der Waals surface area contributed by atoms with Crippen molar-refractivity contribution in [2.45, 2.75) is 33.7 Å². The Kier molecular flexibility index (Phi) is 5.39. The summed E-state index contributed by atoms with van der Waals surface area (Å²) < 4.78 is 14.8. The minimum Gasteiger partial charge on any atom is -0.340 e. The van der Waals surface area contributed by atoms with E-state index in [4.69, 9.17) is 4.84 Å². The van der Waals surface area contributed by atoms with Gasteiger partial charge >= 0.3 is 5.97 Å². The number of oxime groups is 1. The largest absolute Gasteiger partial charge is 0.340 e. The quantitative estimate of drug-likeness (QED) is 0.267. The zero-order chi connectivity index (χ0) is 20.4. The van der Waals surface area contributed by atoms with Crippen molar-refractivity contribution >= 4 is 39.2 Å². The number of alkyl halides is 1. The Morgan fingerprint density at radius 3 is 2.64 bits per heavy atom. The van der Waals surface area contributed by atoms with Crippen molar-refractivity contribution in [1.29, 1.82) is 0 Å². The van der Waals surface area contributed by atoms with E-state index in [1.165, 1.54) is 13.0 Å². The third kappa shape index (κ3) is 3.58. The van der Waals surface area contributed by atoms with E-state index in [0.717, 1.165) is 32.9 Å². The first-order chi connectivity index (χ1) is 13.3. The van der Waals surface area contributed by atoms with Gasteiger partial charge in [-0.15, -0.1) is 0 Å². The van der Waals surface area contributed by atoms with Crippen LogP contribution in [0.2, 0.25) is 0 Å². The second-order valence-electron chi connectivity index (χ2n) is 6.60. The molecule has 3 aromatic rings. The van der Waals surface area contributed by atoms with E-state index in [9.17, 15) is 19.3 Å². The molecule has 0 bridgehead atoms. The molecule has 1 aromatic heterocycles. The van der Waals surface area contributed by atoms with Crippen molar-refractivity contribution in [2.75, 3.05) is 6.67 Å². The minimum atomic E-state index is -0.519. The SMILES string of the molecule is CC(=O)O/N=C(\C)c1ccc2c(c1)c1cc([N+](=O)[O-])cc(C)c1n2CCCF. The number of aromatic nitrogens is 1. The molecule has 146 valence electrons. The number of carbonyl (C=O) groups is 1. The second kappa shape index (κ2) is 7.75. The molecule has 0 fully saturated rings. The molecule has 0 unspecified atom stereocenters. The van der Waals surface area contributed by atoms with E-state index in [0.29, 0.717) is 18.7 Å². The number of hydrogen-bond donors (Lipinski definition) is 0. The lowest BCUT2D eigenvalue weighted by Gasteiger charge is -2.08. The van der Waals surface area contributed by atoms with Crippen molar-refractivity contribution in [3.05, 3.63) is 51.6 Å². The summed E-state index contributed by atoms with van der Waals surface area (Å²) in [6.45, 7) is 4.81. The van der Waals surface area contributed by atoms with Crippen LogP contribution in [0.15, 0.2) is 35.5 Å². The van der Waals surface area contributed by atoms with Gasteiger partial charge in [-0.25, -0.2) is 4.79 Å². The maximum atomic E-state index is 12.8. The predicted molar refractivity (Wildman–Crippen MR) is 105 cm³/mol. The molecule has 0 N–H and O–H groups in total. The molecule has 7 nitrogen and oxygen atoms in total. The van der Waals surface area contributed by atoms with Gasteiger partial charge in [0.1, 0.15) is 0 Å². The summed E-state index contributed by atoms with van der Waals surface area (Å²) in [4.78, 5) is 26.6. The number of nitro groups is 1. The number of nitro benzene ring substituents is 1. The van der Waals surface area contributed by atoms with Crippen LogP contribution in [-0.4, -0.2) is 27.8 Å². The zero-order valence-corrected chi connectivity index (χ0v) is 15.9. The highest BCUT2D eigenvalue weighted by Crippen LogP contribution is 2.35. The van der Waals surface area contributed by atoms with Gasteiger partial charge in [0.2, 0.25) is 0 Å². The summed E-state index contributed by atoms with van der Waals surface area (Å²) in [5.41, 5.74) is 3.69. The summed E-state index contributed by atoms with van der Waals surface area (Å²) in [7, 11) is 0. The molecule has 28 heavy (non-hydrogen) atoms. The van der Waals surface area contributed by atoms with Crippen molar-refractivity contribution in [1.82, 2.24) is 4.57 Å². The average molecular weight is 385 g/mol. The molecule has 1 heterocycles. The molecule has 0 aliphatic heterocycles. The maximum Gasteiger partial charge on any atom is 0.331 e. The van der Waals surface area contributed by atoms with Gasteiger partial charge in [-0.05, 0) is 43.5 Å². The van der Waals surface area contributed by atoms with E-state index in [2.05, 4.69) is 5.16 Å². The van der Waals surface area contributed by atoms with Crippen molar-refractivity contribution in [3.8, 4) is 0 Å². The molecule has 0 atom stereocenters. The van der Waals surface area contributed by atoms with E-state index in [-0.39, 0.29) is 5.69 Å². The fourth-order valence-corrected chi connectivity index (χ4v) is 3.40. The maximum absolute atomic E-state index is 12.8. The predicted octanol–water partition coefficient (Wildman–Crippen LogP) is 4.66. The minimum absolute atomic E-state index is 0.00486. The Balaban J connectivity index is 2.28. The van der Waals surface area contributed by atoms with Gasteiger partial charge in [-0.2, -0.15) is 0 Å². The van der Waals surface area contributed by atoms with Crippen LogP contribution in [0, 0.1) is 17.0 Å². The van der Waals surface area contributed by atoms with Crippen LogP contribution in [0.4, 0.5) is 10.1 Å². The van der Waals surface area contributed by atoms with E-state index < -0.39 is 17.6 Å². The van der Waals surface area contributed by atoms with E-state index >= 15 is 0 Å². The monoisotopic (exact) mass is 385 g/mol. The van der Waals surface area contributed by atoms with Gasteiger partial charge in [-0.1, -0.05) is 11.2 Å². The number of aryl methyl sites for hydroxylation is 2. The van der Waals surface area contributed by atoms with Crippen LogP contribution in [0.3, 0.4) is 0 Å². The summed E-state index contributed by atoms with van der Waals surface area (Å²) >= 11 is 0. The van der Waals surface area contributed by atoms with Gasteiger partial charge < -0.3 is 9.40 Å². The third-order valence-corrected chi connectivity index (χ3v) is 4.59. The van der Waals surface area contributed by atoms with Crippen molar-refractivity contribution < 1.29 is 18.9 Å². The number of carbonyl (C=O) groups excluding carboxylic acids is 1. The Labute approximate surface area is 160 Å². The summed E-state index contributed by atoms with van der Waals surface area (Å²) in [6.07, 6.45) is 0.351. The highest BCUT2D eigenvalue weighted by molar-refractivity contribution is 6.12. The van der Waals surface area contributed by atoms with Crippen LogP contribution >= 0.6 is 0 Å². The molecule has 2 aromatic carbocycles. The normalized spacial score (nSPS) is 11.9. The zero-order valence-electron chi connectivity index (χ0n) is 15.9. The lowest BCUT2D eigenvalue weighted by atomic mass is 10.0. The highest BCUT2D eigenvalue weighted by Gasteiger charge is 2.18. The summed E-state index contributed by atoms with van der Waals surface area (Å²) in [6, 6.07) is 8.63. The van der Waals surface area contributed by atoms with Gasteiger partial charge in [-0.3, -0.25) is 14.5 Å². The number of halogens is 1. The number of hydrogen-bond acceptors (Lipinski definition) is 5. The molecular weight excluding hydrogens is 365 g/mol. The standard InChI is InChI=1S/C20H20FN3O4/c1-12-9-16(24(26)27)11-18-17-10-15(13(2)22-28-14(3)25)5-6-19(17)23(20(12)18)8-4-7-21/h5-6,9-11H,4,7-8H2,1-3H3/b22-13+. The summed E-state index contributed by atoms with van der Waals surface area (Å²) in [5, 5.41) is 16.6. The lowest BCUT2D eigenvalue weighted by Crippen LogP contribution is -2.01. The topological polar surface area (TPSA) is 86.7 Å². The molecule has 3 rings (SSSR count). The number of fused-ring (bicyclic) bond motifs is 3. The highest BCUT2D eigenvalue weighted by atomic mass is 19.1. The lowest BCUT2D eigenvalue weighted by molar-refractivity contribution is -0.384. The summed E-state index contributed by atoms with van der Waals surface area (Å²) in [5.74, 6) is -0.519. The van der Waals surface area contributed by atoms with Crippen LogP contribution in [0.25, 0.3) is 21.8 Å². The van der Waals surface area contributed by atoms with E-state index in [1.807, 2.05) is 29.7 Å². The first kappa shape index (κ1) is 19.5. The molecule has 0 spiro atoms. The Morgan fingerprint density at radius 1 is 1.25 bits per heavy atom. The molecule has 0 aliphatic rings. The van der Waals surface area contributed by atoms with Crippen molar-refractivity contribution in [2.24, 2.45) is 5.16 Å². The second-order valence-corrected chi connectivity index (χ2v) is 6.60. The number of nitrogens with zero attached hydrogens (tertiary/aromatic N) is 3. The molecule has 0 radical (unpaired) electrons. The smallest absolute Gasteiger partial charge is 0.331 e. The fourth-order valence-electron chi connectivity index (χ4n) is 3.40. The van der Waals surface area contributed by atoms with Gasteiger partial charge in [0.25, 0.3) is 5.69 Å². The average Bonchev–Trinajstić information content (AvgIpc) is 2.97. The van der Waals surface area contributed by atoms with E-state index in [1.54, 1.807) is 13.0 Å². The molecule has 0 saturated heterocycles. The number of benzene rings is 2. The Morgan fingerprint density at radius 2 is 2.00 bits per heavy atom. The number of rotatable bonds is 6. The first-order valence-electron chi connectivity index (χ1n) is 8.83. The van der Waals surface area contributed by atoms with Gasteiger partial charge in [0.05, 0.1) is 22.8 Å². The van der Waals surface area contributed by atoms with Crippen LogP contribution in [0.5, 0.6) is 0 Å². The first-order valence-corrected chi connectivity index (χ1v) is 8.83. The van der Waals surface area contributed by atoms with Gasteiger partial charge in [0, 0.05) is 41.9 Å². The van der Waals surface area contributed by atoms with Crippen molar-refractivity contribution in [3.63, 3.8) is 0 Å². The molecule has 0 saturated carbocycles. The van der Waals surface area contributed by atoms with Gasteiger partial charge in [0.15, 0.2) is 0 Å². The molecule has 8 heteroatoms. The molecule has 0 amide bonds.